The van der Waals surface area contributed by atoms with E-state index in [2.05, 4.69) is 0 Å². The number of aromatic carboxylic acids is 1. The number of benzene rings is 1. The van der Waals surface area contributed by atoms with Gasteiger partial charge >= 0.3 is 5.97 Å². The molecule has 4 nitrogen and oxygen atoms in total. The quantitative estimate of drug-likeness (QED) is 0.790. The molecule has 1 aliphatic rings. The van der Waals surface area contributed by atoms with E-state index in [0.717, 1.165) is 25.7 Å². The Morgan fingerprint density at radius 2 is 2.00 bits per heavy atom. The number of ether oxygens (including phenoxy) is 1. The van der Waals surface area contributed by atoms with Gasteiger partial charge in [0.15, 0.2) is 0 Å². The van der Waals surface area contributed by atoms with E-state index < -0.39 is 5.97 Å². The molecular weight excluding hydrogens is 218 g/mol. The first-order chi connectivity index (χ1) is 8.16. The van der Waals surface area contributed by atoms with Gasteiger partial charge in [0.2, 0.25) is 0 Å². The molecule has 0 bridgehead atoms. The van der Waals surface area contributed by atoms with Gasteiger partial charge in [-0.1, -0.05) is 6.42 Å². The van der Waals surface area contributed by atoms with Gasteiger partial charge in [-0.15, -0.1) is 0 Å². The number of anilines is 1. The van der Waals surface area contributed by atoms with Crippen LogP contribution in [0.3, 0.4) is 0 Å². The number of carbonyl (C=O) groups is 1. The molecule has 0 aromatic heterocycles. The van der Waals surface area contributed by atoms with E-state index in [4.69, 9.17) is 15.6 Å². The molecule has 0 unspecified atom stereocenters. The van der Waals surface area contributed by atoms with Crippen LogP contribution in [0.2, 0.25) is 0 Å². The molecule has 17 heavy (non-hydrogen) atoms. The Kier molecular flexibility index (Phi) is 3.52. The number of nitrogen functional groups attached to an aromatic ring is 1. The summed E-state index contributed by atoms with van der Waals surface area (Å²) in [5.41, 5.74) is 6.17. The van der Waals surface area contributed by atoms with Crippen molar-refractivity contribution in [1.82, 2.24) is 0 Å². The van der Waals surface area contributed by atoms with Crippen LogP contribution in [-0.2, 0) is 0 Å². The Balaban J connectivity index is 2.16. The summed E-state index contributed by atoms with van der Waals surface area (Å²) in [7, 11) is 0. The zero-order valence-electron chi connectivity index (χ0n) is 9.69. The van der Waals surface area contributed by atoms with Gasteiger partial charge in [-0.25, -0.2) is 4.79 Å². The molecule has 1 aromatic rings. The average molecular weight is 235 g/mol. The van der Waals surface area contributed by atoms with Gasteiger partial charge in [0.05, 0.1) is 6.10 Å². The maximum absolute atomic E-state index is 11.1. The summed E-state index contributed by atoms with van der Waals surface area (Å²) in [5, 5.41) is 9.08. The van der Waals surface area contributed by atoms with Gasteiger partial charge in [0.25, 0.3) is 0 Å². The maximum atomic E-state index is 11.1. The van der Waals surface area contributed by atoms with Crippen LogP contribution in [0.25, 0.3) is 0 Å². The molecule has 0 aliphatic heterocycles. The largest absolute Gasteiger partial charge is 0.490 e. The number of rotatable bonds is 3. The highest BCUT2D eigenvalue weighted by Crippen LogP contribution is 2.27. The lowest BCUT2D eigenvalue weighted by atomic mass is 9.97. The van der Waals surface area contributed by atoms with Crippen molar-refractivity contribution in [3.63, 3.8) is 0 Å². The van der Waals surface area contributed by atoms with E-state index in [9.17, 15) is 4.79 Å². The molecular formula is C13H17NO3. The van der Waals surface area contributed by atoms with Gasteiger partial charge in [-0.05, 0) is 43.9 Å². The molecule has 0 atom stereocenters. The minimum atomic E-state index is -0.997. The van der Waals surface area contributed by atoms with E-state index in [-0.39, 0.29) is 11.7 Å². The zero-order chi connectivity index (χ0) is 12.3. The molecule has 1 saturated carbocycles. The minimum absolute atomic E-state index is 0.144. The standard InChI is InChI=1S/C13H17NO3/c14-9-6-7-12(11(8-9)13(15)16)17-10-4-2-1-3-5-10/h6-8,10H,1-5,14H2,(H,15,16). The number of nitrogens with two attached hydrogens (primary N) is 1. The lowest BCUT2D eigenvalue weighted by Gasteiger charge is -2.23. The molecule has 3 N–H and O–H groups in total. The van der Waals surface area contributed by atoms with E-state index in [1.165, 1.54) is 12.5 Å². The van der Waals surface area contributed by atoms with Crippen LogP contribution >= 0.6 is 0 Å². The summed E-state index contributed by atoms with van der Waals surface area (Å²) >= 11 is 0. The average Bonchev–Trinajstić information content (AvgIpc) is 2.32. The van der Waals surface area contributed by atoms with Crippen LogP contribution in [0.15, 0.2) is 18.2 Å². The van der Waals surface area contributed by atoms with Crippen molar-refractivity contribution in [1.29, 1.82) is 0 Å². The van der Waals surface area contributed by atoms with Gasteiger partial charge in [0.1, 0.15) is 11.3 Å². The van der Waals surface area contributed by atoms with E-state index in [1.807, 2.05) is 0 Å². The molecule has 0 saturated heterocycles. The molecule has 0 spiro atoms. The van der Waals surface area contributed by atoms with Crippen LogP contribution < -0.4 is 10.5 Å². The number of hydrogen-bond acceptors (Lipinski definition) is 3. The first kappa shape index (κ1) is 11.8. The molecule has 92 valence electrons. The van der Waals surface area contributed by atoms with Crippen molar-refractivity contribution in [2.75, 3.05) is 5.73 Å². The normalized spacial score (nSPS) is 16.7. The Morgan fingerprint density at radius 3 is 2.65 bits per heavy atom. The molecule has 0 heterocycles. The lowest BCUT2D eigenvalue weighted by molar-refractivity contribution is 0.0686. The van der Waals surface area contributed by atoms with Crippen molar-refractivity contribution >= 4 is 11.7 Å². The number of carboxylic acids is 1. The SMILES string of the molecule is Nc1ccc(OC2CCCCC2)c(C(=O)O)c1. The molecule has 2 rings (SSSR count). The highest BCUT2D eigenvalue weighted by molar-refractivity contribution is 5.92. The van der Waals surface area contributed by atoms with Crippen LogP contribution in [0.1, 0.15) is 42.5 Å². The van der Waals surface area contributed by atoms with Gasteiger partial charge in [-0.2, -0.15) is 0 Å². The summed E-state index contributed by atoms with van der Waals surface area (Å²) in [6, 6.07) is 4.76. The van der Waals surface area contributed by atoms with E-state index in [0.29, 0.717) is 11.4 Å². The summed E-state index contributed by atoms with van der Waals surface area (Å²) < 4.78 is 5.77. The molecule has 1 fully saturated rings. The van der Waals surface area contributed by atoms with Crippen LogP contribution in [0, 0.1) is 0 Å². The van der Waals surface area contributed by atoms with Crippen molar-refractivity contribution in [3.05, 3.63) is 23.8 Å². The zero-order valence-corrected chi connectivity index (χ0v) is 9.69. The molecule has 0 radical (unpaired) electrons. The Bertz CT molecular complexity index is 411. The van der Waals surface area contributed by atoms with Crippen LogP contribution in [0.5, 0.6) is 5.75 Å². The van der Waals surface area contributed by atoms with Crippen molar-refractivity contribution in [2.24, 2.45) is 0 Å². The summed E-state index contributed by atoms with van der Waals surface area (Å²) in [5.74, 6) is -0.568. The third-order valence-electron chi connectivity index (χ3n) is 3.08. The fourth-order valence-electron chi connectivity index (χ4n) is 2.18. The van der Waals surface area contributed by atoms with Gasteiger partial charge in [0, 0.05) is 5.69 Å². The van der Waals surface area contributed by atoms with E-state index >= 15 is 0 Å². The first-order valence-electron chi connectivity index (χ1n) is 5.96. The van der Waals surface area contributed by atoms with Crippen LogP contribution in [0.4, 0.5) is 5.69 Å². The first-order valence-corrected chi connectivity index (χ1v) is 5.96. The number of carboxylic acid groups (broad SMARTS) is 1. The summed E-state index contributed by atoms with van der Waals surface area (Å²) in [6.07, 6.45) is 5.70. The third-order valence-corrected chi connectivity index (χ3v) is 3.08. The summed E-state index contributed by atoms with van der Waals surface area (Å²) in [6.45, 7) is 0. The fraction of sp³-hybridized carbons (Fsp3) is 0.462. The Morgan fingerprint density at radius 1 is 1.29 bits per heavy atom. The monoisotopic (exact) mass is 235 g/mol. The second-order valence-electron chi connectivity index (χ2n) is 4.44. The van der Waals surface area contributed by atoms with Gasteiger partial charge in [-0.3, -0.25) is 0 Å². The van der Waals surface area contributed by atoms with Crippen LogP contribution in [-0.4, -0.2) is 17.2 Å². The molecule has 1 aliphatic carbocycles. The molecule has 0 amide bonds. The Hall–Kier alpha value is -1.71. The highest BCUT2D eigenvalue weighted by atomic mass is 16.5. The smallest absolute Gasteiger partial charge is 0.339 e. The van der Waals surface area contributed by atoms with Crippen molar-refractivity contribution < 1.29 is 14.6 Å². The highest BCUT2D eigenvalue weighted by Gasteiger charge is 2.18. The minimum Gasteiger partial charge on any atom is -0.490 e. The summed E-state index contributed by atoms with van der Waals surface area (Å²) in [4.78, 5) is 11.1. The molecule has 4 heteroatoms. The molecule has 1 aromatic carbocycles. The number of hydrogen-bond donors (Lipinski definition) is 2. The lowest BCUT2D eigenvalue weighted by Crippen LogP contribution is -2.20. The van der Waals surface area contributed by atoms with Crippen molar-refractivity contribution in [3.8, 4) is 5.75 Å². The predicted molar refractivity (Wildman–Crippen MR) is 65.3 cm³/mol. The van der Waals surface area contributed by atoms with Crippen molar-refractivity contribution in [2.45, 2.75) is 38.2 Å². The maximum Gasteiger partial charge on any atom is 0.339 e. The topological polar surface area (TPSA) is 72.5 Å². The van der Waals surface area contributed by atoms with Gasteiger partial charge < -0.3 is 15.6 Å². The predicted octanol–water partition coefficient (Wildman–Crippen LogP) is 2.68. The second-order valence-corrected chi connectivity index (χ2v) is 4.44. The third kappa shape index (κ3) is 2.90. The van der Waals surface area contributed by atoms with E-state index in [1.54, 1.807) is 12.1 Å². The Labute approximate surface area is 100 Å². The fourth-order valence-corrected chi connectivity index (χ4v) is 2.18. The second kappa shape index (κ2) is 5.08.